The molecule has 0 rings (SSSR count). The van der Waals surface area contributed by atoms with Crippen LogP contribution in [0.1, 0.15) is 41.0 Å². The molecule has 1 unspecified atom stereocenters. The normalized spacial score (nSPS) is 12.3. The van der Waals surface area contributed by atoms with Crippen molar-refractivity contribution in [2.75, 3.05) is 40.0 Å². The average Bonchev–Trinajstić information content (AvgIpc) is 2.49. The van der Waals surface area contributed by atoms with E-state index in [2.05, 4.69) is 10.6 Å². The van der Waals surface area contributed by atoms with E-state index in [0.717, 1.165) is 6.54 Å². The maximum absolute atomic E-state index is 13.9. The van der Waals surface area contributed by atoms with Gasteiger partial charge in [0, 0.05) is 13.0 Å². The predicted octanol–water partition coefficient (Wildman–Crippen LogP) is 1.91. The smallest absolute Gasteiger partial charge is 0.219 e. The van der Waals surface area contributed by atoms with Crippen LogP contribution in [0.5, 0.6) is 0 Å². The Morgan fingerprint density at radius 1 is 1.24 bits per heavy atom. The number of carbonyl (C=O) groups is 1. The zero-order valence-electron chi connectivity index (χ0n) is 14.4. The van der Waals surface area contributed by atoms with Crippen LogP contribution in [0, 0.1) is 0 Å². The van der Waals surface area contributed by atoms with Gasteiger partial charge >= 0.3 is 0 Å². The van der Waals surface area contributed by atoms with Crippen molar-refractivity contribution in [1.82, 2.24) is 10.6 Å². The number of ether oxygens (including phenoxy) is 2. The molecule has 0 bridgehead atoms. The Morgan fingerprint density at radius 2 is 1.86 bits per heavy atom. The van der Waals surface area contributed by atoms with Gasteiger partial charge in [-0.2, -0.15) is 0 Å². The van der Waals surface area contributed by atoms with Gasteiger partial charge < -0.3 is 20.1 Å². The van der Waals surface area contributed by atoms with E-state index in [-0.39, 0.29) is 12.5 Å². The summed E-state index contributed by atoms with van der Waals surface area (Å²) in [6.45, 7) is 11.2. The van der Waals surface area contributed by atoms with Gasteiger partial charge in [0.05, 0.1) is 32.0 Å². The lowest BCUT2D eigenvalue weighted by atomic mass is 10.0. The molecule has 21 heavy (non-hydrogen) atoms. The minimum atomic E-state index is -1.25. The number of hydrogen-bond acceptors (Lipinski definition) is 4. The number of amides is 1. The number of nitrogens with one attached hydrogen (secondary N) is 2. The summed E-state index contributed by atoms with van der Waals surface area (Å²) in [5.41, 5.74) is -0.937. The number of alkyl halides is 1. The molecule has 0 aromatic heterocycles. The van der Waals surface area contributed by atoms with Crippen molar-refractivity contribution in [3.05, 3.63) is 0 Å². The Morgan fingerprint density at radius 3 is 2.38 bits per heavy atom. The average molecular weight is 308 g/mol. The Labute approximate surface area is 129 Å². The highest BCUT2D eigenvalue weighted by Gasteiger charge is 2.30. The molecule has 0 saturated heterocycles. The Balaban J connectivity index is 0. The second-order valence-electron chi connectivity index (χ2n) is 4.79. The molecule has 0 fully saturated rings. The predicted molar refractivity (Wildman–Crippen MR) is 84.3 cm³/mol. The topological polar surface area (TPSA) is 59.6 Å². The molecule has 0 heterocycles. The second-order valence-corrected chi connectivity index (χ2v) is 4.79. The first-order chi connectivity index (χ1) is 9.94. The molecule has 128 valence electrons. The zero-order valence-corrected chi connectivity index (χ0v) is 14.4. The molecule has 5 nitrogen and oxygen atoms in total. The molecule has 0 aliphatic carbocycles. The SMILES string of the molecule is CC.CCC(=O)NCC(F)C(C)(C)OCCOCCNC. The van der Waals surface area contributed by atoms with Crippen LogP contribution >= 0.6 is 0 Å². The number of rotatable bonds is 11. The van der Waals surface area contributed by atoms with Crippen molar-refractivity contribution in [2.24, 2.45) is 0 Å². The van der Waals surface area contributed by atoms with E-state index in [4.69, 9.17) is 9.47 Å². The summed E-state index contributed by atoms with van der Waals surface area (Å²) in [6.07, 6.45) is -0.895. The highest BCUT2D eigenvalue weighted by atomic mass is 19.1. The molecule has 1 atom stereocenters. The van der Waals surface area contributed by atoms with Crippen molar-refractivity contribution in [2.45, 2.75) is 52.8 Å². The van der Waals surface area contributed by atoms with Gasteiger partial charge in [-0.15, -0.1) is 0 Å². The van der Waals surface area contributed by atoms with Gasteiger partial charge in [0.1, 0.15) is 6.17 Å². The minimum Gasteiger partial charge on any atom is -0.378 e. The van der Waals surface area contributed by atoms with Gasteiger partial charge in [-0.05, 0) is 20.9 Å². The number of likely N-dealkylation sites (N-methyl/N-ethyl adjacent to an activating group) is 1. The first-order valence-electron chi connectivity index (χ1n) is 7.71. The van der Waals surface area contributed by atoms with Crippen LogP contribution < -0.4 is 10.6 Å². The molecular formula is C15H33FN2O3. The third-order valence-corrected chi connectivity index (χ3v) is 2.75. The van der Waals surface area contributed by atoms with E-state index >= 15 is 0 Å². The third kappa shape index (κ3) is 12.7. The lowest BCUT2D eigenvalue weighted by molar-refractivity contribution is -0.122. The molecule has 1 amide bonds. The fraction of sp³-hybridized carbons (Fsp3) is 0.933. The number of halogens is 1. The summed E-state index contributed by atoms with van der Waals surface area (Å²) >= 11 is 0. The van der Waals surface area contributed by atoms with Crippen LogP contribution in [0.4, 0.5) is 4.39 Å². The largest absolute Gasteiger partial charge is 0.378 e. The molecule has 0 aromatic carbocycles. The lowest BCUT2D eigenvalue weighted by Crippen LogP contribution is -2.44. The molecule has 6 heteroatoms. The van der Waals surface area contributed by atoms with Crippen LogP contribution in [-0.2, 0) is 14.3 Å². The summed E-state index contributed by atoms with van der Waals surface area (Å²) < 4.78 is 24.7. The van der Waals surface area contributed by atoms with Crippen LogP contribution in [0.3, 0.4) is 0 Å². The van der Waals surface area contributed by atoms with E-state index in [1.807, 2.05) is 20.9 Å². The van der Waals surface area contributed by atoms with Gasteiger partial charge in [0.15, 0.2) is 0 Å². The van der Waals surface area contributed by atoms with Crippen molar-refractivity contribution >= 4 is 5.91 Å². The van der Waals surface area contributed by atoms with Gasteiger partial charge in [-0.25, -0.2) is 4.39 Å². The summed E-state index contributed by atoms with van der Waals surface area (Å²) in [4.78, 5) is 11.1. The van der Waals surface area contributed by atoms with Crippen molar-refractivity contribution in [3.8, 4) is 0 Å². The van der Waals surface area contributed by atoms with Gasteiger partial charge in [-0.1, -0.05) is 20.8 Å². The highest BCUT2D eigenvalue weighted by molar-refractivity contribution is 5.75. The standard InChI is InChI=1S/C13H27FN2O3.C2H6/c1-5-12(17)16-10-11(14)13(2,3)19-9-8-18-7-6-15-4;1-2/h11,15H,5-10H2,1-4H3,(H,16,17);1-2H3. The quantitative estimate of drug-likeness (QED) is 0.572. The Kier molecular flexibility index (Phi) is 15.3. The monoisotopic (exact) mass is 308 g/mol. The Hall–Kier alpha value is -0.720. The van der Waals surface area contributed by atoms with Crippen molar-refractivity contribution in [1.29, 1.82) is 0 Å². The molecule has 0 aliphatic heterocycles. The first kappa shape index (κ1) is 22.6. The molecule has 0 aromatic rings. The fourth-order valence-electron chi connectivity index (χ4n) is 1.30. The summed E-state index contributed by atoms with van der Waals surface area (Å²) in [5, 5.41) is 5.48. The van der Waals surface area contributed by atoms with Crippen molar-refractivity contribution < 1.29 is 18.7 Å². The fourth-order valence-corrected chi connectivity index (χ4v) is 1.30. The molecule has 0 aliphatic rings. The van der Waals surface area contributed by atoms with Crippen LogP contribution in [0.2, 0.25) is 0 Å². The maximum Gasteiger partial charge on any atom is 0.219 e. The van der Waals surface area contributed by atoms with Gasteiger partial charge in [0.2, 0.25) is 5.91 Å². The van der Waals surface area contributed by atoms with E-state index in [0.29, 0.717) is 26.2 Å². The summed E-state index contributed by atoms with van der Waals surface area (Å²) in [6, 6.07) is 0. The zero-order chi connectivity index (χ0) is 16.7. The van der Waals surface area contributed by atoms with Crippen molar-refractivity contribution in [3.63, 3.8) is 0 Å². The van der Waals surface area contributed by atoms with E-state index < -0.39 is 11.8 Å². The highest BCUT2D eigenvalue weighted by Crippen LogP contribution is 2.17. The van der Waals surface area contributed by atoms with Crippen LogP contribution in [0.25, 0.3) is 0 Å². The maximum atomic E-state index is 13.9. The second kappa shape index (κ2) is 14.2. The molecular weight excluding hydrogens is 275 g/mol. The Bertz CT molecular complexity index is 251. The van der Waals surface area contributed by atoms with Gasteiger partial charge in [0.25, 0.3) is 0 Å². The molecule has 2 N–H and O–H groups in total. The van der Waals surface area contributed by atoms with Gasteiger partial charge in [-0.3, -0.25) is 4.79 Å². The lowest BCUT2D eigenvalue weighted by Gasteiger charge is -2.29. The van der Waals surface area contributed by atoms with E-state index in [1.165, 1.54) is 0 Å². The molecule has 0 spiro atoms. The summed E-state index contributed by atoms with van der Waals surface area (Å²) in [5.74, 6) is -0.158. The van der Waals surface area contributed by atoms with Crippen LogP contribution in [0.15, 0.2) is 0 Å². The number of hydrogen-bond donors (Lipinski definition) is 2. The third-order valence-electron chi connectivity index (χ3n) is 2.75. The molecule has 0 saturated carbocycles. The van der Waals surface area contributed by atoms with E-state index in [1.54, 1.807) is 20.8 Å². The molecule has 0 radical (unpaired) electrons. The summed E-state index contributed by atoms with van der Waals surface area (Å²) in [7, 11) is 1.85. The van der Waals surface area contributed by atoms with E-state index in [9.17, 15) is 9.18 Å². The minimum absolute atomic E-state index is 0.0275. The van der Waals surface area contributed by atoms with Crippen LogP contribution in [-0.4, -0.2) is 57.6 Å². The first-order valence-corrected chi connectivity index (χ1v) is 7.71. The number of carbonyl (C=O) groups excluding carboxylic acids is 1.